The highest BCUT2D eigenvalue weighted by Crippen LogP contribution is 2.25. The Balaban J connectivity index is 1.70. The van der Waals surface area contributed by atoms with Gasteiger partial charge in [0.1, 0.15) is 5.75 Å². The largest absolute Gasteiger partial charge is 0.483 e. The molecule has 0 fully saturated rings. The van der Waals surface area contributed by atoms with Gasteiger partial charge in [-0.25, -0.2) is 0 Å². The molecule has 2 rings (SSSR count). The van der Waals surface area contributed by atoms with Gasteiger partial charge in [0.2, 0.25) is 0 Å². The van der Waals surface area contributed by atoms with Crippen LogP contribution in [0.3, 0.4) is 0 Å². The number of para-hydroxylation sites is 3. The number of nitro benzene ring substituents is 1. The second kappa shape index (κ2) is 10.6. The van der Waals surface area contributed by atoms with Crippen LogP contribution in [0.4, 0.5) is 5.69 Å². The highest BCUT2D eigenvalue weighted by atomic mass is 32.1. The Morgan fingerprint density at radius 1 is 0.966 bits per heavy atom. The van der Waals surface area contributed by atoms with Crippen LogP contribution in [-0.4, -0.2) is 35.1 Å². The topological polar surface area (TPSA) is 132 Å². The van der Waals surface area contributed by atoms with Gasteiger partial charge in [0.05, 0.1) is 4.92 Å². The van der Waals surface area contributed by atoms with E-state index in [2.05, 4.69) is 16.2 Å². The first-order valence-electron chi connectivity index (χ1n) is 8.30. The van der Waals surface area contributed by atoms with Crippen molar-refractivity contribution in [3.05, 3.63) is 64.2 Å². The van der Waals surface area contributed by atoms with E-state index in [-0.39, 0.29) is 23.2 Å². The Labute approximate surface area is 171 Å². The number of hydrogen-bond donors (Lipinski definition) is 3. The summed E-state index contributed by atoms with van der Waals surface area (Å²) < 4.78 is 10.5. The van der Waals surface area contributed by atoms with Crippen LogP contribution in [0.1, 0.15) is 5.56 Å². The number of nitrogens with one attached hydrogen (secondary N) is 3. The molecule has 0 spiro atoms. The average Bonchev–Trinajstić information content (AvgIpc) is 2.70. The lowest BCUT2D eigenvalue weighted by Crippen LogP contribution is -2.50. The minimum absolute atomic E-state index is 0.0446. The average molecular weight is 418 g/mol. The molecular formula is C18H18N4O6S. The predicted molar refractivity (Wildman–Crippen MR) is 107 cm³/mol. The molecular weight excluding hydrogens is 400 g/mol. The SMILES string of the molecule is Cc1ccccc1OCC(=O)NC(=S)NNC(=O)COc1ccccc1[N+](=O)[O-]. The van der Waals surface area contributed by atoms with Gasteiger partial charge in [-0.2, -0.15) is 0 Å². The van der Waals surface area contributed by atoms with Crippen LogP contribution in [0.25, 0.3) is 0 Å². The number of nitro groups is 1. The van der Waals surface area contributed by atoms with Crippen molar-refractivity contribution >= 4 is 34.8 Å². The molecule has 152 valence electrons. The van der Waals surface area contributed by atoms with E-state index in [1.807, 2.05) is 19.1 Å². The molecule has 0 saturated carbocycles. The third-order valence-electron chi connectivity index (χ3n) is 3.44. The number of hydrazine groups is 1. The zero-order valence-electron chi connectivity index (χ0n) is 15.3. The van der Waals surface area contributed by atoms with Gasteiger partial charge < -0.3 is 9.47 Å². The quantitative estimate of drug-likeness (QED) is 0.349. The standard InChI is InChI=1S/C18H18N4O6S/c1-12-6-2-4-8-14(12)27-10-16(23)19-18(29)21-20-17(24)11-28-15-9-5-3-7-13(15)22(25)26/h2-9H,10-11H2,1H3,(H,20,24)(H2,19,21,23,29). The molecule has 29 heavy (non-hydrogen) atoms. The van der Waals surface area contributed by atoms with Gasteiger partial charge in [-0.3, -0.25) is 35.9 Å². The number of rotatable bonds is 7. The third-order valence-corrected chi connectivity index (χ3v) is 3.65. The highest BCUT2D eigenvalue weighted by Gasteiger charge is 2.15. The molecule has 0 aromatic heterocycles. The van der Waals surface area contributed by atoms with E-state index in [1.165, 1.54) is 18.2 Å². The van der Waals surface area contributed by atoms with Gasteiger partial charge in [-0.05, 0) is 36.8 Å². The predicted octanol–water partition coefficient (Wildman–Crippen LogP) is 1.38. The van der Waals surface area contributed by atoms with E-state index in [0.717, 1.165) is 5.56 Å². The number of amides is 2. The minimum Gasteiger partial charge on any atom is -0.483 e. The van der Waals surface area contributed by atoms with Crippen LogP contribution in [0.2, 0.25) is 0 Å². The van der Waals surface area contributed by atoms with Gasteiger partial charge in [0.25, 0.3) is 11.8 Å². The molecule has 11 heteroatoms. The van der Waals surface area contributed by atoms with Crippen molar-refractivity contribution in [2.24, 2.45) is 0 Å². The van der Waals surface area contributed by atoms with Crippen molar-refractivity contribution < 1.29 is 24.0 Å². The van der Waals surface area contributed by atoms with Crippen molar-refractivity contribution in [1.82, 2.24) is 16.2 Å². The lowest BCUT2D eigenvalue weighted by atomic mass is 10.2. The maximum absolute atomic E-state index is 11.8. The Kier molecular flexibility index (Phi) is 7.86. The van der Waals surface area contributed by atoms with Gasteiger partial charge in [0.15, 0.2) is 24.1 Å². The molecule has 2 aromatic carbocycles. The first-order valence-corrected chi connectivity index (χ1v) is 8.71. The second-order valence-corrected chi connectivity index (χ2v) is 6.03. The van der Waals surface area contributed by atoms with E-state index in [4.69, 9.17) is 21.7 Å². The Hall–Kier alpha value is -3.73. The van der Waals surface area contributed by atoms with Crippen LogP contribution in [0, 0.1) is 17.0 Å². The fourth-order valence-electron chi connectivity index (χ4n) is 2.09. The molecule has 0 aliphatic heterocycles. The minimum atomic E-state index is -0.657. The molecule has 3 N–H and O–H groups in total. The fraction of sp³-hybridized carbons (Fsp3) is 0.167. The van der Waals surface area contributed by atoms with Gasteiger partial charge >= 0.3 is 5.69 Å². The highest BCUT2D eigenvalue weighted by molar-refractivity contribution is 7.80. The molecule has 2 aromatic rings. The maximum atomic E-state index is 11.8. The normalized spacial score (nSPS) is 9.83. The number of carbonyl (C=O) groups excluding carboxylic acids is 2. The molecule has 0 heterocycles. The lowest BCUT2D eigenvalue weighted by molar-refractivity contribution is -0.385. The number of thiocarbonyl (C=S) groups is 1. The Morgan fingerprint density at radius 3 is 2.24 bits per heavy atom. The first kappa shape index (κ1) is 21.6. The summed E-state index contributed by atoms with van der Waals surface area (Å²) >= 11 is 4.89. The monoisotopic (exact) mass is 418 g/mol. The van der Waals surface area contributed by atoms with Crippen LogP contribution in [0.5, 0.6) is 11.5 Å². The van der Waals surface area contributed by atoms with Gasteiger partial charge in [-0.15, -0.1) is 0 Å². The number of nitrogens with zero attached hydrogens (tertiary/aromatic N) is 1. The van der Waals surface area contributed by atoms with Crippen molar-refractivity contribution in [3.8, 4) is 11.5 Å². The zero-order chi connectivity index (χ0) is 21.2. The summed E-state index contributed by atoms with van der Waals surface area (Å²) in [6, 6.07) is 12.9. The molecule has 10 nitrogen and oxygen atoms in total. The van der Waals surface area contributed by atoms with Crippen molar-refractivity contribution in [2.75, 3.05) is 13.2 Å². The first-order chi connectivity index (χ1) is 13.9. The molecule has 2 amide bonds. The van der Waals surface area contributed by atoms with E-state index < -0.39 is 23.3 Å². The lowest BCUT2D eigenvalue weighted by Gasteiger charge is -2.12. The molecule has 0 bridgehead atoms. The van der Waals surface area contributed by atoms with Crippen LogP contribution < -0.4 is 25.6 Å². The summed E-state index contributed by atoms with van der Waals surface area (Å²) in [5.74, 6) is -0.647. The molecule has 0 radical (unpaired) electrons. The van der Waals surface area contributed by atoms with Crippen molar-refractivity contribution in [2.45, 2.75) is 6.92 Å². The van der Waals surface area contributed by atoms with E-state index in [0.29, 0.717) is 5.75 Å². The molecule has 0 saturated heterocycles. The molecule has 0 atom stereocenters. The maximum Gasteiger partial charge on any atom is 0.310 e. The van der Waals surface area contributed by atoms with Gasteiger partial charge in [0, 0.05) is 6.07 Å². The molecule has 0 aliphatic rings. The summed E-state index contributed by atoms with van der Waals surface area (Å²) in [5.41, 5.74) is 5.16. The summed E-state index contributed by atoms with van der Waals surface area (Å²) in [6.45, 7) is 1.09. The van der Waals surface area contributed by atoms with Crippen molar-refractivity contribution in [1.29, 1.82) is 0 Å². The summed E-state index contributed by atoms with van der Waals surface area (Å²) in [5, 5.41) is 13.1. The van der Waals surface area contributed by atoms with Crippen LogP contribution in [-0.2, 0) is 9.59 Å². The second-order valence-electron chi connectivity index (χ2n) is 5.62. The number of benzene rings is 2. The van der Waals surface area contributed by atoms with E-state index in [1.54, 1.807) is 18.2 Å². The summed E-state index contributed by atoms with van der Waals surface area (Å²) in [7, 11) is 0. The number of hydrogen-bond acceptors (Lipinski definition) is 7. The smallest absolute Gasteiger partial charge is 0.310 e. The zero-order valence-corrected chi connectivity index (χ0v) is 16.2. The Bertz CT molecular complexity index is 921. The molecule has 0 unspecified atom stereocenters. The van der Waals surface area contributed by atoms with Crippen LogP contribution >= 0.6 is 12.2 Å². The Morgan fingerprint density at radius 2 is 1.55 bits per heavy atom. The summed E-state index contributed by atoms with van der Waals surface area (Å²) in [4.78, 5) is 33.9. The number of ether oxygens (including phenoxy) is 2. The fourth-order valence-corrected chi connectivity index (χ4v) is 2.26. The molecule has 0 aliphatic carbocycles. The number of carbonyl (C=O) groups is 2. The number of aryl methyl sites for hydroxylation is 1. The van der Waals surface area contributed by atoms with Crippen LogP contribution in [0.15, 0.2) is 48.5 Å². The van der Waals surface area contributed by atoms with E-state index in [9.17, 15) is 19.7 Å². The van der Waals surface area contributed by atoms with E-state index >= 15 is 0 Å². The third kappa shape index (κ3) is 7.07. The summed E-state index contributed by atoms with van der Waals surface area (Å²) in [6.07, 6.45) is 0. The van der Waals surface area contributed by atoms with Crippen molar-refractivity contribution in [3.63, 3.8) is 0 Å². The van der Waals surface area contributed by atoms with Gasteiger partial charge in [-0.1, -0.05) is 30.3 Å².